The third-order valence-electron chi connectivity index (χ3n) is 2.53. The maximum absolute atomic E-state index is 10.2. The fourth-order valence-corrected chi connectivity index (χ4v) is 1.40. The Balaban J connectivity index is -0.0000000847. The average molecular weight is 459 g/mol. The van der Waals surface area contributed by atoms with Crippen LogP contribution in [0, 0.1) is 0 Å². The molecule has 0 aliphatic carbocycles. The van der Waals surface area contributed by atoms with Gasteiger partial charge in [0.25, 0.3) is 0 Å². The van der Waals surface area contributed by atoms with Crippen LogP contribution in [0.5, 0.6) is 0 Å². The van der Waals surface area contributed by atoms with Gasteiger partial charge in [-0.25, -0.2) is 0 Å². The van der Waals surface area contributed by atoms with Crippen LogP contribution in [0.3, 0.4) is 0 Å². The molecule has 0 amide bonds. The Hall–Kier alpha value is -2.85. The summed E-state index contributed by atoms with van der Waals surface area (Å²) >= 11 is 0. The molecule has 0 aromatic carbocycles. The summed E-state index contributed by atoms with van der Waals surface area (Å²) in [4.78, 5) is 60.5. The van der Waals surface area contributed by atoms with Crippen molar-refractivity contribution in [2.24, 2.45) is 0 Å². The number of aliphatic carboxylic acids is 6. The minimum absolute atomic E-state index is 0. The Kier molecular flexibility index (Phi) is 23.6. The van der Waals surface area contributed by atoms with Gasteiger partial charge in [0.05, 0.1) is 31.2 Å². The summed E-state index contributed by atoms with van der Waals surface area (Å²) in [5.74, 6) is -11.0. The normalized spacial score (nSPS) is 11.0. The largest absolute Gasteiger partial charge is 3.00 e. The second-order valence-electron chi connectivity index (χ2n) is 4.90. The molecule has 172 valence electrons. The van der Waals surface area contributed by atoms with Gasteiger partial charge in [0, 0.05) is 12.4 Å². The number of carbonyl (C=O) groups is 6. The van der Waals surface area contributed by atoms with Crippen molar-refractivity contribution in [3.8, 4) is 0 Å². The molecule has 17 nitrogen and oxygen atoms in total. The zero-order chi connectivity index (χ0) is 21.3. The molecule has 0 aliphatic rings. The first kappa shape index (κ1) is 41.5. The van der Waals surface area contributed by atoms with Crippen molar-refractivity contribution in [3.63, 3.8) is 0 Å². The van der Waals surface area contributed by atoms with Crippen LogP contribution in [0.25, 0.3) is 0 Å². The predicted molar refractivity (Wildman–Crippen MR) is 87.1 cm³/mol. The van der Waals surface area contributed by atoms with Gasteiger partial charge in [0.15, 0.2) is 0 Å². The number of aliphatic hydroxyl groups is 2. The van der Waals surface area contributed by atoms with E-state index in [1.54, 1.807) is 0 Å². The van der Waals surface area contributed by atoms with E-state index >= 15 is 0 Å². The van der Waals surface area contributed by atoms with Crippen molar-refractivity contribution in [3.05, 3.63) is 0 Å². The molecule has 18 heteroatoms. The zero-order valence-corrected chi connectivity index (χ0v) is 16.6. The standard InChI is InChI=1S/2C6H8O7.Al.3H3N/c2*7-3(8)1-6(13,5(11)12)2-4(9)10;;;;/h2*13H,1-2H2,(H,7,8)(H,9,10)(H,11,12);;3*1H3/q;;+3;;;/p-3. The van der Waals surface area contributed by atoms with Crippen LogP contribution in [0.15, 0.2) is 0 Å². The van der Waals surface area contributed by atoms with Crippen LogP contribution >= 0.6 is 0 Å². The minimum Gasteiger partial charge on any atom is -0.550 e. The second-order valence-corrected chi connectivity index (χ2v) is 4.90. The molecule has 0 aromatic rings. The number of carbonyl (C=O) groups excluding carboxylic acids is 3. The number of hydrogen-bond acceptors (Lipinski definition) is 14. The summed E-state index contributed by atoms with van der Waals surface area (Å²) in [6.07, 6.45) is -4.98. The van der Waals surface area contributed by atoms with Crippen molar-refractivity contribution < 1.29 is 69.6 Å². The number of rotatable bonds is 10. The van der Waals surface area contributed by atoms with Gasteiger partial charge >= 0.3 is 35.3 Å². The first-order valence-corrected chi connectivity index (χ1v) is 6.28. The quantitative estimate of drug-likeness (QED) is 0.141. The van der Waals surface area contributed by atoms with Crippen LogP contribution in [-0.4, -0.2) is 89.9 Å². The van der Waals surface area contributed by atoms with Crippen molar-refractivity contribution in [2.75, 3.05) is 0 Å². The van der Waals surface area contributed by atoms with Gasteiger partial charge < -0.3 is 73.7 Å². The molecule has 0 rings (SSSR count). The number of carboxylic acids is 6. The Labute approximate surface area is 178 Å². The third kappa shape index (κ3) is 17.3. The molecule has 0 saturated heterocycles. The molecule has 0 fully saturated rings. The average Bonchev–Trinajstić information content (AvgIpc) is 2.34. The van der Waals surface area contributed by atoms with Gasteiger partial charge in [0.2, 0.25) is 0 Å². The topological polar surface area (TPSA) is 378 Å². The first-order chi connectivity index (χ1) is 11.6. The van der Waals surface area contributed by atoms with Crippen LogP contribution in [-0.2, 0) is 28.8 Å². The molecule has 0 heterocycles. The van der Waals surface area contributed by atoms with Gasteiger partial charge in [-0.3, -0.25) is 14.4 Å². The molecule has 0 aromatic heterocycles. The van der Waals surface area contributed by atoms with E-state index in [-0.39, 0.29) is 35.8 Å². The van der Waals surface area contributed by atoms with Gasteiger partial charge in [-0.1, -0.05) is 0 Å². The number of hydrogen-bond donors (Lipinski definition) is 8. The van der Waals surface area contributed by atoms with Crippen molar-refractivity contribution in [1.29, 1.82) is 0 Å². The monoisotopic (exact) mass is 459 g/mol. The molecule has 0 saturated carbocycles. The van der Waals surface area contributed by atoms with Gasteiger partial charge in [-0.2, -0.15) is 0 Å². The Morgan fingerprint density at radius 1 is 0.567 bits per heavy atom. The van der Waals surface area contributed by atoms with Crippen LogP contribution in [0.4, 0.5) is 0 Å². The number of carboxylic acid groups (broad SMARTS) is 6. The molecule has 0 radical (unpaired) electrons. The Morgan fingerprint density at radius 3 is 0.900 bits per heavy atom. The van der Waals surface area contributed by atoms with E-state index in [9.17, 15) is 44.1 Å². The SMILES string of the molecule is N.N.N.O=C(O)CC(O)(CC(=O)O)C(=O)[O-].O=C([O-])CC(O)(CC(=O)O)C(=O)[O-].[Al+3]. The summed E-state index contributed by atoms with van der Waals surface area (Å²) in [5, 5.41) is 72.8. The summed E-state index contributed by atoms with van der Waals surface area (Å²) in [5.41, 5.74) is -5.76. The Morgan fingerprint density at radius 2 is 0.767 bits per heavy atom. The van der Waals surface area contributed by atoms with Crippen LogP contribution in [0.1, 0.15) is 25.7 Å². The summed E-state index contributed by atoms with van der Waals surface area (Å²) < 4.78 is 0. The Bertz CT molecular complexity index is 527. The van der Waals surface area contributed by atoms with E-state index in [1.165, 1.54) is 0 Å². The fourth-order valence-electron chi connectivity index (χ4n) is 1.40. The maximum Gasteiger partial charge on any atom is 3.00 e. The van der Waals surface area contributed by atoms with E-state index in [1.807, 2.05) is 0 Å². The predicted octanol–water partition coefficient (Wildman–Crippen LogP) is -6.40. The molecule has 0 aliphatic heterocycles. The molecule has 1 atom stereocenters. The van der Waals surface area contributed by atoms with E-state index in [0.29, 0.717) is 0 Å². The molecule has 1 unspecified atom stereocenters. The third-order valence-corrected chi connectivity index (χ3v) is 2.53. The van der Waals surface area contributed by atoms with Crippen molar-refractivity contribution in [1.82, 2.24) is 18.5 Å². The molecule has 0 spiro atoms. The van der Waals surface area contributed by atoms with Gasteiger partial charge in [0.1, 0.15) is 11.2 Å². The van der Waals surface area contributed by atoms with E-state index in [2.05, 4.69) is 0 Å². The van der Waals surface area contributed by atoms with Gasteiger partial charge in [-0.15, -0.1) is 0 Å². The molecule has 30 heavy (non-hydrogen) atoms. The maximum atomic E-state index is 10.2. The van der Waals surface area contributed by atoms with Crippen LogP contribution in [0.2, 0.25) is 0 Å². The van der Waals surface area contributed by atoms with E-state index in [4.69, 9.17) is 25.5 Å². The first-order valence-electron chi connectivity index (χ1n) is 6.28. The summed E-state index contributed by atoms with van der Waals surface area (Å²) in [7, 11) is 0. The van der Waals surface area contributed by atoms with Crippen molar-refractivity contribution >= 4 is 53.2 Å². The zero-order valence-electron chi connectivity index (χ0n) is 15.4. The summed E-state index contributed by atoms with van der Waals surface area (Å²) in [6.45, 7) is 0. The second kappa shape index (κ2) is 17.0. The van der Waals surface area contributed by atoms with E-state index in [0.717, 1.165) is 0 Å². The fraction of sp³-hybridized carbons (Fsp3) is 0.500. The van der Waals surface area contributed by atoms with Crippen molar-refractivity contribution in [2.45, 2.75) is 36.9 Å². The molecular formula is C12H22AlN3O14. The van der Waals surface area contributed by atoms with E-state index < -0.39 is 72.7 Å². The molecular weight excluding hydrogens is 437 g/mol. The van der Waals surface area contributed by atoms with Gasteiger partial charge in [-0.05, 0) is 0 Å². The van der Waals surface area contributed by atoms with Crippen LogP contribution < -0.4 is 33.8 Å². The minimum atomic E-state index is -2.91. The molecule has 0 bridgehead atoms. The summed E-state index contributed by atoms with van der Waals surface area (Å²) in [6, 6.07) is 0. The molecule has 14 N–H and O–H groups in total. The smallest absolute Gasteiger partial charge is 0.550 e.